The SMILES string of the molecule is CC(C)CCC[C@@H](C(=O)O)C(C)C. The minimum Gasteiger partial charge on any atom is -0.481 e. The number of aliphatic carboxylic acids is 1. The van der Waals surface area contributed by atoms with Gasteiger partial charge in [-0.05, 0) is 18.3 Å². The average Bonchev–Trinajstić information content (AvgIpc) is 1.95. The van der Waals surface area contributed by atoms with Crippen LogP contribution in [0.15, 0.2) is 0 Å². The second-order valence-corrected chi connectivity index (χ2v) is 4.51. The highest BCUT2D eigenvalue weighted by molar-refractivity contribution is 5.70. The van der Waals surface area contributed by atoms with E-state index in [2.05, 4.69) is 13.8 Å². The molecule has 2 heteroatoms. The van der Waals surface area contributed by atoms with Crippen LogP contribution in [0.1, 0.15) is 47.0 Å². The maximum Gasteiger partial charge on any atom is 0.306 e. The van der Waals surface area contributed by atoms with E-state index in [1.165, 1.54) is 0 Å². The summed E-state index contributed by atoms with van der Waals surface area (Å²) >= 11 is 0. The van der Waals surface area contributed by atoms with Crippen LogP contribution >= 0.6 is 0 Å². The van der Waals surface area contributed by atoms with E-state index in [0.717, 1.165) is 19.3 Å². The maximum absolute atomic E-state index is 10.8. The normalized spacial score (nSPS) is 13.7. The van der Waals surface area contributed by atoms with Crippen LogP contribution < -0.4 is 0 Å². The van der Waals surface area contributed by atoms with Gasteiger partial charge >= 0.3 is 5.97 Å². The first-order valence-electron chi connectivity index (χ1n) is 5.18. The smallest absolute Gasteiger partial charge is 0.306 e. The molecular weight excluding hydrogens is 164 g/mol. The van der Waals surface area contributed by atoms with Gasteiger partial charge in [0.1, 0.15) is 0 Å². The van der Waals surface area contributed by atoms with Gasteiger partial charge < -0.3 is 5.11 Å². The summed E-state index contributed by atoms with van der Waals surface area (Å²) in [6, 6.07) is 0. The van der Waals surface area contributed by atoms with E-state index >= 15 is 0 Å². The predicted molar refractivity (Wildman–Crippen MR) is 54.7 cm³/mol. The summed E-state index contributed by atoms with van der Waals surface area (Å²) in [4.78, 5) is 10.8. The number of hydrogen-bond acceptors (Lipinski definition) is 1. The average molecular weight is 186 g/mol. The summed E-state index contributed by atoms with van der Waals surface area (Å²) in [6.45, 7) is 8.30. The fraction of sp³-hybridized carbons (Fsp3) is 0.909. The lowest BCUT2D eigenvalue weighted by molar-refractivity contribution is -0.143. The number of carbonyl (C=O) groups is 1. The Balaban J connectivity index is 3.77. The number of hydrogen-bond donors (Lipinski definition) is 1. The summed E-state index contributed by atoms with van der Waals surface area (Å²) in [7, 11) is 0. The standard InChI is InChI=1S/C11H22O2/c1-8(2)6-5-7-10(9(3)4)11(12)13/h8-10H,5-7H2,1-4H3,(H,12,13)/t10-/m1/s1. The van der Waals surface area contributed by atoms with E-state index in [1.807, 2.05) is 13.8 Å². The molecule has 1 atom stereocenters. The molecule has 78 valence electrons. The zero-order chi connectivity index (χ0) is 10.4. The van der Waals surface area contributed by atoms with Crippen molar-refractivity contribution in [1.82, 2.24) is 0 Å². The second kappa shape index (κ2) is 6.01. The highest BCUT2D eigenvalue weighted by atomic mass is 16.4. The van der Waals surface area contributed by atoms with E-state index in [0.29, 0.717) is 5.92 Å². The van der Waals surface area contributed by atoms with Gasteiger partial charge in [0.2, 0.25) is 0 Å². The van der Waals surface area contributed by atoms with Gasteiger partial charge in [0.25, 0.3) is 0 Å². The number of carboxylic acids is 1. The molecule has 0 aromatic heterocycles. The fourth-order valence-corrected chi connectivity index (χ4v) is 1.49. The molecule has 2 nitrogen and oxygen atoms in total. The molecule has 0 saturated heterocycles. The van der Waals surface area contributed by atoms with Gasteiger partial charge in [-0.2, -0.15) is 0 Å². The second-order valence-electron chi connectivity index (χ2n) is 4.51. The van der Waals surface area contributed by atoms with Crippen LogP contribution in [0.2, 0.25) is 0 Å². The van der Waals surface area contributed by atoms with Crippen LogP contribution in [0, 0.1) is 17.8 Å². The van der Waals surface area contributed by atoms with Crippen molar-refractivity contribution in [3.05, 3.63) is 0 Å². The summed E-state index contributed by atoms with van der Waals surface area (Å²) in [5.74, 6) is 0.142. The minimum absolute atomic E-state index is 0.154. The first kappa shape index (κ1) is 12.5. The van der Waals surface area contributed by atoms with Crippen molar-refractivity contribution in [2.75, 3.05) is 0 Å². The summed E-state index contributed by atoms with van der Waals surface area (Å²) < 4.78 is 0. The monoisotopic (exact) mass is 186 g/mol. The van der Waals surface area contributed by atoms with Crippen LogP contribution in [-0.2, 0) is 4.79 Å². The molecule has 0 aromatic carbocycles. The van der Waals surface area contributed by atoms with E-state index in [1.54, 1.807) is 0 Å². The third-order valence-electron chi connectivity index (χ3n) is 2.42. The van der Waals surface area contributed by atoms with Crippen molar-refractivity contribution in [2.24, 2.45) is 17.8 Å². The van der Waals surface area contributed by atoms with Crippen LogP contribution in [-0.4, -0.2) is 11.1 Å². The van der Waals surface area contributed by atoms with Crippen molar-refractivity contribution in [3.8, 4) is 0 Å². The van der Waals surface area contributed by atoms with Crippen LogP contribution in [0.4, 0.5) is 0 Å². The maximum atomic E-state index is 10.8. The van der Waals surface area contributed by atoms with Gasteiger partial charge in [0, 0.05) is 0 Å². The molecule has 0 spiro atoms. The van der Waals surface area contributed by atoms with Crippen LogP contribution in [0.5, 0.6) is 0 Å². The molecule has 1 N–H and O–H groups in total. The topological polar surface area (TPSA) is 37.3 Å². The lowest BCUT2D eigenvalue weighted by Crippen LogP contribution is -2.19. The molecule has 0 aromatic rings. The van der Waals surface area contributed by atoms with E-state index < -0.39 is 5.97 Å². The Morgan fingerprint density at radius 1 is 1.15 bits per heavy atom. The third kappa shape index (κ3) is 5.67. The minimum atomic E-state index is -0.640. The Labute approximate surface area is 81.3 Å². The Hall–Kier alpha value is -0.530. The largest absolute Gasteiger partial charge is 0.481 e. The first-order chi connectivity index (χ1) is 5.95. The molecule has 0 heterocycles. The molecule has 0 saturated carbocycles. The lowest BCUT2D eigenvalue weighted by atomic mass is 9.89. The summed E-state index contributed by atoms with van der Waals surface area (Å²) in [5, 5.41) is 8.91. The van der Waals surface area contributed by atoms with Crippen LogP contribution in [0.25, 0.3) is 0 Å². The van der Waals surface area contributed by atoms with E-state index in [-0.39, 0.29) is 11.8 Å². The Bertz CT molecular complexity index is 150. The highest BCUT2D eigenvalue weighted by Gasteiger charge is 2.20. The molecule has 0 unspecified atom stereocenters. The van der Waals surface area contributed by atoms with Gasteiger partial charge in [0.15, 0.2) is 0 Å². The molecule has 13 heavy (non-hydrogen) atoms. The zero-order valence-electron chi connectivity index (χ0n) is 9.21. The third-order valence-corrected chi connectivity index (χ3v) is 2.42. The Morgan fingerprint density at radius 3 is 2.00 bits per heavy atom. The fourth-order valence-electron chi connectivity index (χ4n) is 1.49. The van der Waals surface area contributed by atoms with Crippen molar-refractivity contribution in [3.63, 3.8) is 0 Å². The van der Waals surface area contributed by atoms with Crippen molar-refractivity contribution < 1.29 is 9.90 Å². The molecule has 0 bridgehead atoms. The highest BCUT2D eigenvalue weighted by Crippen LogP contribution is 2.19. The molecule has 0 radical (unpaired) electrons. The molecule has 0 rings (SSSR count). The van der Waals surface area contributed by atoms with Gasteiger partial charge in [-0.1, -0.05) is 40.5 Å². The molecular formula is C11H22O2. The van der Waals surface area contributed by atoms with Crippen molar-refractivity contribution in [2.45, 2.75) is 47.0 Å². The van der Waals surface area contributed by atoms with Gasteiger partial charge in [-0.3, -0.25) is 4.79 Å². The van der Waals surface area contributed by atoms with E-state index in [4.69, 9.17) is 5.11 Å². The molecule has 0 fully saturated rings. The Morgan fingerprint density at radius 2 is 1.69 bits per heavy atom. The van der Waals surface area contributed by atoms with Crippen LogP contribution in [0.3, 0.4) is 0 Å². The van der Waals surface area contributed by atoms with Gasteiger partial charge in [0.05, 0.1) is 5.92 Å². The summed E-state index contributed by atoms with van der Waals surface area (Å²) in [6.07, 6.45) is 2.99. The summed E-state index contributed by atoms with van der Waals surface area (Å²) in [5.41, 5.74) is 0. The van der Waals surface area contributed by atoms with Gasteiger partial charge in [-0.15, -0.1) is 0 Å². The molecule has 0 aliphatic rings. The van der Waals surface area contributed by atoms with E-state index in [9.17, 15) is 4.79 Å². The van der Waals surface area contributed by atoms with Crippen molar-refractivity contribution in [1.29, 1.82) is 0 Å². The number of carboxylic acid groups (broad SMARTS) is 1. The van der Waals surface area contributed by atoms with Crippen molar-refractivity contribution >= 4 is 5.97 Å². The molecule has 0 amide bonds. The zero-order valence-corrected chi connectivity index (χ0v) is 9.21. The van der Waals surface area contributed by atoms with Gasteiger partial charge in [-0.25, -0.2) is 0 Å². The quantitative estimate of drug-likeness (QED) is 0.691. The Kier molecular flexibility index (Phi) is 5.76. The molecule has 0 aliphatic carbocycles. The predicted octanol–water partition coefficient (Wildman–Crippen LogP) is 3.17. The lowest BCUT2D eigenvalue weighted by Gasteiger charge is -2.16. The first-order valence-corrected chi connectivity index (χ1v) is 5.18. The molecule has 0 aliphatic heterocycles. The number of rotatable bonds is 6.